The Bertz CT molecular complexity index is 855. The van der Waals surface area contributed by atoms with Crippen molar-refractivity contribution < 1.29 is 18.8 Å². The Morgan fingerprint density at radius 3 is 2.86 bits per heavy atom. The van der Waals surface area contributed by atoms with Crippen molar-refractivity contribution >= 4 is 17.6 Å². The first-order valence-corrected chi connectivity index (χ1v) is 9.28. The summed E-state index contributed by atoms with van der Waals surface area (Å²) < 4.78 is 18.1. The van der Waals surface area contributed by atoms with Crippen LogP contribution in [0, 0.1) is 5.82 Å². The van der Waals surface area contributed by atoms with Crippen molar-refractivity contribution in [3.8, 4) is 0 Å². The SMILES string of the molecule is CCOC(=O)CCCON=C1CC(c2ccc(F)cc2)Cc2nc(N)ncc21. The summed E-state index contributed by atoms with van der Waals surface area (Å²) in [5.41, 5.74) is 9.05. The minimum atomic E-state index is -0.273. The number of hydrogen-bond acceptors (Lipinski definition) is 7. The average Bonchev–Trinajstić information content (AvgIpc) is 2.68. The fourth-order valence-electron chi connectivity index (χ4n) is 3.17. The summed E-state index contributed by atoms with van der Waals surface area (Å²) in [4.78, 5) is 25.2. The van der Waals surface area contributed by atoms with Crippen LogP contribution in [0.5, 0.6) is 0 Å². The van der Waals surface area contributed by atoms with Gasteiger partial charge in [0, 0.05) is 24.6 Å². The first-order chi connectivity index (χ1) is 13.6. The Morgan fingerprint density at radius 2 is 2.11 bits per heavy atom. The van der Waals surface area contributed by atoms with Gasteiger partial charge in [-0.05, 0) is 43.4 Å². The number of carbonyl (C=O) groups excluding carboxylic acids is 1. The van der Waals surface area contributed by atoms with Crippen LogP contribution in [0.4, 0.5) is 10.3 Å². The van der Waals surface area contributed by atoms with Gasteiger partial charge in [0.05, 0.1) is 18.0 Å². The van der Waals surface area contributed by atoms with Gasteiger partial charge >= 0.3 is 5.97 Å². The number of ether oxygens (including phenoxy) is 1. The van der Waals surface area contributed by atoms with Crippen LogP contribution in [0.3, 0.4) is 0 Å². The molecule has 0 bridgehead atoms. The van der Waals surface area contributed by atoms with E-state index in [1.165, 1.54) is 12.1 Å². The molecular formula is C20H23FN4O3. The standard InChI is InChI=1S/C20H23FN4O3/c1-2-27-19(26)4-3-9-28-25-18-11-14(13-5-7-15(21)8-6-13)10-17-16(18)12-23-20(22)24-17/h5-8,12,14H,2-4,9-11H2,1H3,(H2,22,23,24). The zero-order valence-electron chi connectivity index (χ0n) is 15.7. The Balaban J connectivity index is 1.71. The van der Waals surface area contributed by atoms with Gasteiger partial charge in [-0.15, -0.1) is 0 Å². The highest BCUT2D eigenvalue weighted by Crippen LogP contribution is 2.32. The maximum Gasteiger partial charge on any atom is 0.305 e. The number of anilines is 1. The highest BCUT2D eigenvalue weighted by molar-refractivity contribution is 6.02. The number of halogens is 1. The number of aromatic nitrogens is 2. The second kappa shape index (κ2) is 9.25. The van der Waals surface area contributed by atoms with Crippen LogP contribution < -0.4 is 5.73 Å². The molecule has 0 saturated heterocycles. The van der Waals surface area contributed by atoms with Crippen LogP contribution in [0.2, 0.25) is 0 Å². The van der Waals surface area contributed by atoms with Crippen LogP contribution >= 0.6 is 0 Å². The topological polar surface area (TPSA) is 99.7 Å². The van der Waals surface area contributed by atoms with Crippen LogP contribution in [-0.4, -0.2) is 34.9 Å². The molecular weight excluding hydrogens is 363 g/mol. The maximum absolute atomic E-state index is 13.3. The molecule has 148 valence electrons. The zero-order valence-corrected chi connectivity index (χ0v) is 15.7. The van der Waals surface area contributed by atoms with Crippen molar-refractivity contribution in [2.45, 2.75) is 38.5 Å². The van der Waals surface area contributed by atoms with E-state index in [0.29, 0.717) is 38.2 Å². The lowest BCUT2D eigenvalue weighted by atomic mass is 9.82. The fraction of sp³-hybridized carbons (Fsp3) is 0.400. The predicted octanol–water partition coefficient (Wildman–Crippen LogP) is 2.99. The zero-order chi connectivity index (χ0) is 19.9. The summed E-state index contributed by atoms with van der Waals surface area (Å²) in [6.07, 6.45) is 3.73. The number of carbonyl (C=O) groups is 1. The number of benzene rings is 1. The van der Waals surface area contributed by atoms with E-state index < -0.39 is 0 Å². The van der Waals surface area contributed by atoms with Gasteiger partial charge in [0.25, 0.3) is 0 Å². The Labute approximate surface area is 162 Å². The number of oxime groups is 1. The maximum atomic E-state index is 13.3. The number of nitrogens with two attached hydrogens (primary N) is 1. The van der Waals surface area contributed by atoms with E-state index in [0.717, 1.165) is 16.8 Å². The van der Waals surface area contributed by atoms with E-state index in [4.69, 9.17) is 15.3 Å². The molecule has 0 radical (unpaired) electrons. The lowest BCUT2D eigenvalue weighted by Crippen LogP contribution is -2.22. The smallest absolute Gasteiger partial charge is 0.305 e. The van der Waals surface area contributed by atoms with Crippen molar-refractivity contribution in [2.24, 2.45) is 5.16 Å². The third kappa shape index (κ3) is 5.03. The lowest BCUT2D eigenvalue weighted by molar-refractivity contribution is -0.143. The van der Waals surface area contributed by atoms with Crippen LogP contribution in [-0.2, 0) is 20.8 Å². The number of nitrogen functional groups attached to an aromatic ring is 1. The first kappa shape index (κ1) is 19.7. The third-order valence-electron chi connectivity index (χ3n) is 4.51. The summed E-state index contributed by atoms with van der Waals surface area (Å²) in [6, 6.07) is 6.44. The van der Waals surface area contributed by atoms with Gasteiger partial charge in [0.1, 0.15) is 12.4 Å². The molecule has 1 atom stereocenters. The fourth-order valence-corrected chi connectivity index (χ4v) is 3.17. The van der Waals surface area contributed by atoms with E-state index in [-0.39, 0.29) is 30.1 Å². The van der Waals surface area contributed by atoms with Gasteiger partial charge in [0.15, 0.2) is 0 Å². The van der Waals surface area contributed by atoms with E-state index in [1.54, 1.807) is 25.3 Å². The number of fused-ring (bicyclic) bond motifs is 1. The molecule has 1 aromatic carbocycles. The Hall–Kier alpha value is -3.03. The van der Waals surface area contributed by atoms with Crippen molar-refractivity contribution in [3.05, 3.63) is 53.1 Å². The number of esters is 1. The van der Waals surface area contributed by atoms with Gasteiger partial charge in [0.2, 0.25) is 5.95 Å². The molecule has 1 aliphatic carbocycles. The number of hydrogen-bond donors (Lipinski definition) is 1. The molecule has 7 nitrogen and oxygen atoms in total. The molecule has 0 spiro atoms. The van der Waals surface area contributed by atoms with Gasteiger partial charge in [-0.1, -0.05) is 17.3 Å². The summed E-state index contributed by atoms with van der Waals surface area (Å²) in [5.74, 6) is -0.232. The molecule has 1 unspecified atom stereocenters. The summed E-state index contributed by atoms with van der Waals surface area (Å²) in [6.45, 7) is 2.44. The molecule has 3 rings (SSSR count). The van der Waals surface area contributed by atoms with Crippen LogP contribution in [0.25, 0.3) is 0 Å². The number of rotatable bonds is 7. The van der Waals surface area contributed by atoms with Crippen molar-refractivity contribution in [2.75, 3.05) is 18.9 Å². The largest absolute Gasteiger partial charge is 0.466 e. The summed E-state index contributed by atoms with van der Waals surface area (Å²) in [5, 5.41) is 4.26. The van der Waals surface area contributed by atoms with Gasteiger partial charge in [-0.2, -0.15) is 0 Å². The molecule has 2 N–H and O–H groups in total. The molecule has 2 aromatic rings. The van der Waals surface area contributed by atoms with Crippen molar-refractivity contribution in [1.82, 2.24) is 9.97 Å². The molecule has 28 heavy (non-hydrogen) atoms. The first-order valence-electron chi connectivity index (χ1n) is 9.28. The Kier molecular flexibility index (Phi) is 6.52. The van der Waals surface area contributed by atoms with Gasteiger partial charge in [-0.25, -0.2) is 14.4 Å². The van der Waals surface area contributed by atoms with Gasteiger partial charge < -0.3 is 15.3 Å². The second-order valence-electron chi connectivity index (χ2n) is 6.53. The molecule has 0 fully saturated rings. The highest BCUT2D eigenvalue weighted by Gasteiger charge is 2.27. The average molecular weight is 386 g/mol. The van der Waals surface area contributed by atoms with E-state index in [9.17, 15) is 9.18 Å². The summed E-state index contributed by atoms with van der Waals surface area (Å²) in [7, 11) is 0. The quantitative estimate of drug-likeness (QED) is 0.446. The van der Waals surface area contributed by atoms with E-state index >= 15 is 0 Å². The van der Waals surface area contributed by atoms with Crippen molar-refractivity contribution in [1.29, 1.82) is 0 Å². The van der Waals surface area contributed by atoms with E-state index in [1.807, 2.05) is 0 Å². The molecule has 0 saturated carbocycles. The van der Waals surface area contributed by atoms with Crippen molar-refractivity contribution in [3.63, 3.8) is 0 Å². The molecule has 1 aliphatic rings. The molecule has 0 amide bonds. The molecule has 1 aromatic heterocycles. The monoisotopic (exact) mass is 386 g/mol. The highest BCUT2D eigenvalue weighted by atomic mass is 19.1. The van der Waals surface area contributed by atoms with Crippen LogP contribution in [0.15, 0.2) is 35.6 Å². The van der Waals surface area contributed by atoms with Gasteiger partial charge in [-0.3, -0.25) is 4.79 Å². The Morgan fingerprint density at radius 1 is 1.32 bits per heavy atom. The molecule has 1 heterocycles. The summed E-state index contributed by atoms with van der Waals surface area (Å²) >= 11 is 0. The third-order valence-corrected chi connectivity index (χ3v) is 4.51. The second-order valence-corrected chi connectivity index (χ2v) is 6.53. The predicted molar refractivity (Wildman–Crippen MR) is 102 cm³/mol. The number of nitrogens with zero attached hydrogens (tertiary/aromatic N) is 3. The molecule has 8 heteroatoms. The van der Waals surface area contributed by atoms with E-state index in [2.05, 4.69) is 15.1 Å². The van der Waals surface area contributed by atoms with Crippen LogP contribution in [0.1, 0.15) is 48.9 Å². The minimum absolute atomic E-state index is 0.0873. The molecule has 0 aliphatic heterocycles. The lowest BCUT2D eigenvalue weighted by Gasteiger charge is -2.25. The minimum Gasteiger partial charge on any atom is -0.466 e. The normalized spacial score (nSPS) is 17.2.